The van der Waals surface area contributed by atoms with E-state index in [1.54, 1.807) is 37.0 Å². The fourth-order valence-corrected chi connectivity index (χ4v) is 4.71. The van der Waals surface area contributed by atoms with Crippen molar-refractivity contribution in [3.63, 3.8) is 0 Å². The van der Waals surface area contributed by atoms with Crippen molar-refractivity contribution in [2.24, 2.45) is 0 Å². The summed E-state index contributed by atoms with van der Waals surface area (Å²) in [5.74, 6) is 0.0425. The predicted molar refractivity (Wildman–Crippen MR) is 117 cm³/mol. The van der Waals surface area contributed by atoms with Gasteiger partial charge < -0.3 is 10.0 Å². The van der Waals surface area contributed by atoms with Crippen LogP contribution in [0.2, 0.25) is 0 Å². The van der Waals surface area contributed by atoms with Gasteiger partial charge in [0.05, 0.1) is 18.7 Å². The number of aromatic nitrogens is 3. The molecule has 1 unspecified atom stereocenters. The maximum Gasteiger partial charge on any atom is 0.425 e. The minimum absolute atomic E-state index is 0.122. The number of hydrogen-bond acceptors (Lipinski definition) is 6. The Morgan fingerprint density at radius 3 is 2.42 bits per heavy atom. The van der Waals surface area contributed by atoms with Crippen LogP contribution < -0.4 is 10.6 Å². The van der Waals surface area contributed by atoms with Crippen molar-refractivity contribution in [1.82, 2.24) is 14.5 Å². The zero-order valence-corrected chi connectivity index (χ0v) is 18.5. The molecule has 174 valence electrons. The van der Waals surface area contributed by atoms with E-state index < -0.39 is 28.9 Å². The van der Waals surface area contributed by atoms with Gasteiger partial charge in [-0.2, -0.15) is 23.1 Å². The highest BCUT2D eigenvalue weighted by atomic mass is 32.1. The van der Waals surface area contributed by atoms with Crippen molar-refractivity contribution < 1.29 is 22.7 Å². The number of anilines is 1. The van der Waals surface area contributed by atoms with E-state index in [9.17, 15) is 27.5 Å². The monoisotopic (exact) mass is 480 g/mol. The second-order valence-electron chi connectivity index (χ2n) is 7.69. The average Bonchev–Trinajstić information content (AvgIpc) is 3.25. The molecule has 4 rings (SSSR count). The molecule has 11 heteroatoms. The lowest BCUT2D eigenvalue weighted by atomic mass is 9.97. The number of thiophene rings is 1. The van der Waals surface area contributed by atoms with Crippen molar-refractivity contribution in [2.75, 3.05) is 18.0 Å². The Labute approximate surface area is 190 Å². The lowest BCUT2D eigenvalue weighted by Crippen LogP contribution is -2.41. The van der Waals surface area contributed by atoms with E-state index in [0.717, 1.165) is 6.07 Å². The summed E-state index contributed by atoms with van der Waals surface area (Å²) < 4.78 is 53.2. The normalized spacial score (nSPS) is 17.7. The lowest BCUT2D eigenvalue weighted by molar-refractivity contribution is -0.134. The maximum atomic E-state index is 13.2. The second kappa shape index (κ2) is 8.71. The predicted octanol–water partition coefficient (Wildman–Crippen LogP) is 4.04. The lowest BCUT2D eigenvalue weighted by Gasteiger charge is -2.30. The van der Waals surface area contributed by atoms with Crippen molar-refractivity contribution in [3.8, 4) is 0 Å². The van der Waals surface area contributed by atoms with Crippen LogP contribution in [0.25, 0.3) is 5.57 Å². The summed E-state index contributed by atoms with van der Waals surface area (Å²) in [6.07, 6.45) is -3.59. The first-order valence-electron chi connectivity index (χ1n) is 10.1. The number of nitrogens with zero attached hydrogens (tertiary/aromatic N) is 4. The zero-order valence-electron chi connectivity index (χ0n) is 17.7. The summed E-state index contributed by atoms with van der Waals surface area (Å²) in [7, 11) is 0. The van der Waals surface area contributed by atoms with Gasteiger partial charge in [0.1, 0.15) is 16.5 Å². The third kappa shape index (κ3) is 4.69. The molecule has 2 aromatic heterocycles. The molecule has 1 aliphatic heterocycles. The molecule has 1 aliphatic rings. The van der Waals surface area contributed by atoms with Gasteiger partial charge in [-0.15, -0.1) is 11.3 Å². The van der Waals surface area contributed by atoms with Gasteiger partial charge in [0, 0.05) is 11.4 Å². The first-order valence-corrected chi connectivity index (χ1v) is 10.9. The molecule has 1 N–H and O–H groups in total. The number of aliphatic hydroxyl groups is 1. The van der Waals surface area contributed by atoms with E-state index in [1.165, 1.54) is 22.8 Å². The molecule has 0 saturated carbocycles. The van der Waals surface area contributed by atoms with Crippen LogP contribution in [-0.2, 0) is 6.18 Å². The molecule has 0 spiro atoms. The number of halogens is 4. The second-order valence-corrected chi connectivity index (χ2v) is 8.80. The number of alkyl halides is 3. The van der Waals surface area contributed by atoms with Crippen molar-refractivity contribution in [2.45, 2.75) is 32.2 Å². The van der Waals surface area contributed by atoms with Crippen molar-refractivity contribution in [1.29, 1.82) is 0 Å². The SMILES string of the molecule is Cc1nc(N2CC=C(c3ccc(F)cc3)C(O)C2)nc(=O)n1[C@H](C)c1ccc(C(F)(F)F)s1. The molecule has 33 heavy (non-hydrogen) atoms. The molecule has 0 bridgehead atoms. The topological polar surface area (TPSA) is 71.2 Å². The number of rotatable bonds is 4. The van der Waals surface area contributed by atoms with E-state index in [0.29, 0.717) is 39.7 Å². The Morgan fingerprint density at radius 1 is 1.15 bits per heavy atom. The quantitative estimate of drug-likeness (QED) is 0.571. The van der Waals surface area contributed by atoms with Crippen LogP contribution in [0.15, 0.2) is 47.3 Å². The highest BCUT2D eigenvalue weighted by molar-refractivity contribution is 7.12. The van der Waals surface area contributed by atoms with Gasteiger partial charge in [-0.1, -0.05) is 18.2 Å². The summed E-state index contributed by atoms with van der Waals surface area (Å²) in [5, 5.41) is 10.6. The van der Waals surface area contributed by atoms with Gasteiger partial charge in [0.2, 0.25) is 5.95 Å². The number of hydrogen-bond donors (Lipinski definition) is 1. The molecule has 0 fully saturated rings. The van der Waals surface area contributed by atoms with Crippen molar-refractivity contribution >= 4 is 22.9 Å². The molecular formula is C22H20F4N4O2S. The Bertz CT molecular complexity index is 1250. The molecule has 1 aromatic carbocycles. The largest absolute Gasteiger partial charge is 0.425 e. The average molecular weight is 480 g/mol. The van der Waals surface area contributed by atoms with Crippen LogP contribution in [0.4, 0.5) is 23.5 Å². The number of aliphatic hydroxyl groups excluding tert-OH is 1. The Morgan fingerprint density at radius 2 is 1.85 bits per heavy atom. The van der Waals surface area contributed by atoms with Gasteiger partial charge in [-0.3, -0.25) is 4.57 Å². The van der Waals surface area contributed by atoms with Crippen LogP contribution in [0.1, 0.15) is 34.1 Å². The highest BCUT2D eigenvalue weighted by Gasteiger charge is 2.33. The van der Waals surface area contributed by atoms with Gasteiger partial charge in [-0.05, 0) is 49.2 Å². The van der Waals surface area contributed by atoms with E-state index in [-0.39, 0.29) is 18.3 Å². The fraction of sp³-hybridized carbons (Fsp3) is 0.318. The van der Waals surface area contributed by atoms with Gasteiger partial charge in [-0.25, -0.2) is 9.18 Å². The number of benzene rings is 1. The Hall–Kier alpha value is -3.05. The van der Waals surface area contributed by atoms with E-state index in [1.807, 2.05) is 0 Å². The third-order valence-electron chi connectivity index (χ3n) is 5.46. The highest BCUT2D eigenvalue weighted by Crippen LogP contribution is 2.37. The fourth-order valence-electron chi connectivity index (χ4n) is 3.79. The summed E-state index contributed by atoms with van der Waals surface area (Å²) in [5.41, 5.74) is 0.692. The summed E-state index contributed by atoms with van der Waals surface area (Å²) in [6.45, 7) is 3.65. The van der Waals surface area contributed by atoms with E-state index in [4.69, 9.17) is 0 Å². The minimum atomic E-state index is -4.45. The minimum Gasteiger partial charge on any atom is -0.387 e. The van der Waals surface area contributed by atoms with Gasteiger partial charge in [0.15, 0.2) is 0 Å². The molecule has 0 saturated heterocycles. The summed E-state index contributed by atoms with van der Waals surface area (Å²) in [6, 6.07) is 7.45. The first-order chi connectivity index (χ1) is 15.5. The van der Waals surface area contributed by atoms with Gasteiger partial charge in [0.25, 0.3) is 0 Å². The van der Waals surface area contributed by atoms with Crippen molar-refractivity contribution in [3.05, 3.63) is 79.9 Å². The molecule has 6 nitrogen and oxygen atoms in total. The maximum absolute atomic E-state index is 13.2. The summed E-state index contributed by atoms with van der Waals surface area (Å²) >= 11 is 0.577. The molecule has 2 atom stereocenters. The molecule has 0 aliphatic carbocycles. The molecule has 3 aromatic rings. The zero-order chi connectivity index (χ0) is 23.9. The Balaban J connectivity index is 1.58. The third-order valence-corrected chi connectivity index (χ3v) is 6.76. The van der Waals surface area contributed by atoms with Crippen LogP contribution in [0, 0.1) is 12.7 Å². The molecule has 0 radical (unpaired) electrons. The first kappa shape index (κ1) is 23.1. The molecular weight excluding hydrogens is 460 g/mol. The summed E-state index contributed by atoms with van der Waals surface area (Å²) in [4.78, 5) is 22.4. The van der Waals surface area contributed by atoms with Crippen LogP contribution in [0.3, 0.4) is 0 Å². The molecule has 0 amide bonds. The smallest absolute Gasteiger partial charge is 0.387 e. The molecule has 3 heterocycles. The van der Waals surface area contributed by atoms with Crippen LogP contribution >= 0.6 is 11.3 Å². The number of β-amino-alcohol motifs (C(OH)–C–C–N with tert-alkyl or cyclic N) is 1. The Kier molecular flexibility index (Phi) is 6.10. The van der Waals surface area contributed by atoms with E-state index in [2.05, 4.69) is 9.97 Å². The van der Waals surface area contributed by atoms with Crippen LogP contribution in [-0.4, -0.2) is 38.8 Å². The van der Waals surface area contributed by atoms with Gasteiger partial charge >= 0.3 is 11.9 Å². The number of aryl methyl sites for hydroxylation is 1. The standard InChI is InChI=1S/C22H20F4N4O2S/c1-12(18-7-8-19(33-18)22(24,25)26)30-13(2)27-20(28-21(30)32)29-10-9-16(17(31)11-29)14-3-5-15(23)6-4-14/h3-9,12,17,31H,10-11H2,1-2H3/t12-,17?/m1/s1. The van der Waals surface area contributed by atoms with Crippen LogP contribution in [0.5, 0.6) is 0 Å². The van der Waals surface area contributed by atoms with E-state index >= 15 is 0 Å².